The van der Waals surface area contributed by atoms with Crippen LogP contribution in [-0.4, -0.2) is 25.5 Å². The second-order valence-corrected chi connectivity index (χ2v) is 4.69. The molecule has 0 aromatic heterocycles. The Bertz CT molecular complexity index is 337. The number of carbonyl (C=O) groups excluding carboxylic acids is 1. The summed E-state index contributed by atoms with van der Waals surface area (Å²) in [6, 6.07) is -0.210. The number of nitrogens with one attached hydrogen (secondary N) is 2. The van der Waals surface area contributed by atoms with Crippen LogP contribution in [-0.2, 0) is 4.74 Å². The molecule has 0 spiro atoms. The van der Waals surface area contributed by atoms with E-state index in [1.54, 1.807) is 6.08 Å². The van der Waals surface area contributed by atoms with Gasteiger partial charge in [-0.25, -0.2) is 9.18 Å². The molecule has 2 unspecified atom stereocenters. The highest BCUT2D eigenvalue weighted by Gasteiger charge is 2.04. The van der Waals surface area contributed by atoms with Gasteiger partial charge in [0, 0.05) is 22.9 Å². The Labute approximate surface area is 118 Å². The number of hydrogen-bond donors (Lipinski definition) is 2. The SMILES string of the molecule is C=C(/C=C(\C)CNC(=O)NCC(C)CC)OC(C)F.[HH].[HH]. The molecule has 0 aliphatic carbocycles. The van der Waals surface area contributed by atoms with Gasteiger partial charge < -0.3 is 15.4 Å². The zero-order valence-electron chi connectivity index (χ0n) is 12.3. The first-order valence-electron chi connectivity index (χ1n) is 6.53. The Morgan fingerprint density at radius 3 is 2.63 bits per heavy atom. The first-order valence-corrected chi connectivity index (χ1v) is 6.53. The topological polar surface area (TPSA) is 50.4 Å². The zero-order valence-corrected chi connectivity index (χ0v) is 12.3. The van der Waals surface area contributed by atoms with Crippen molar-refractivity contribution in [3.63, 3.8) is 0 Å². The van der Waals surface area contributed by atoms with Gasteiger partial charge in [-0.3, -0.25) is 0 Å². The second kappa shape index (κ2) is 9.42. The molecule has 0 saturated carbocycles. The highest BCUT2D eigenvalue weighted by atomic mass is 19.1. The molecule has 0 aliphatic heterocycles. The molecule has 114 valence electrons. The fourth-order valence-electron chi connectivity index (χ4n) is 1.26. The van der Waals surface area contributed by atoms with E-state index in [0.717, 1.165) is 12.0 Å². The standard InChI is InChI=1S/C14H25FN2O2.2H2/c1-6-10(2)8-16-14(18)17-9-11(3)7-12(4)19-13(5)15;;/h7,10,13H,4,6,8-9H2,1-3,5H3,(H2,16,17,18);2*1H/b11-7+;;. The number of ether oxygens (including phenoxy) is 1. The van der Waals surface area contributed by atoms with E-state index in [0.29, 0.717) is 19.0 Å². The van der Waals surface area contributed by atoms with E-state index in [4.69, 9.17) is 4.74 Å². The van der Waals surface area contributed by atoms with Gasteiger partial charge in [0.25, 0.3) is 0 Å². The van der Waals surface area contributed by atoms with Gasteiger partial charge in [0.05, 0.1) is 0 Å². The van der Waals surface area contributed by atoms with Crippen LogP contribution in [0.3, 0.4) is 0 Å². The molecule has 0 saturated heterocycles. The maximum atomic E-state index is 12.5. The van der Waals surface area contributed by atoms with Gasteiger partial charge in [-0.15, -0.1) is 0 Å². The van der Waals surface area contributed by atoms with Crippen LogP contribution < -0.4 is 10.6 Å². The van der Waals surface area contributed by atoms with Crippen molar-refractivity contribution in [3.05, 3.63) is 24.0 Å². The molecule has 0 rings (SSSR count). The molecule has 2 N–H and O–H groups in total. The smallest absolute Gasteiger partial charge is 0.315 e. The average molecular weight is 276 g/mol. The minimum atomic E-state index is -1.39. The van der Waals surface area contributed by atoms with Crippen molar-refractivity contribution in [1.29, 1.82) is 0 Å². The molecule has 0 radical (unpaired) electrons. The van der Waals surface area contributed by atoms with Crippen LogP contribution in [0.4, 0.5) is 9.18 Å². The number of hydrogen-bond acceptors (Lipinski definition) is 2. The molecule has 2 atom stereocenters. The number of allylic oxidation sites excluding steroid dienone is 1. The minimum absolute atomic E-state index is 0. The van der Waals surface area contributed by atoms with Crippen LogP contribution in [0.2, 0.25) is 0 Å². The third-order valence-corrected chi connectivity index (χ3v) is 2.56. The number of carbonyl (C=O) groups is 1. The summed E-state index contributed by atoms with van der Waals surface area (Å²) in [4.78, 5) is 11.5. The maximum absolute atomic E-state index is 12.5. The molecule has 0 aliphatic rings. The van der Waals surface area contributed by atoms with Crippen LogP contribution >= 0.6 is 0 Å². The molecule has 0 heterocycles. The fourth-order valence-corrected chi connectivity index (χ4v) is 1.26. The molecule has 0 fully saturated rings. The molecule has 0 aromatic carbocycles. The zero-order chi connectivity index (χ0) is 14.8. The van der Waals surface area contributed by atoms with Gasteiger partial charge in [0.1, 0.15) is 5.76 Å². The van der Waals surface area contributed by atoms with Crippen molar-refractivity contribution >= 4 is 6.03 Å². The first-order chi connectivity index (χ1) is 8.85. The van der Waals surface area contributed by atoms with E-state index in [2.05, 4.69) is 31.1 Å². The molecule has 2 amide bonds. The van der Waals surface area contributed by atoms with Gasteiger partial charge in [-0.2, -0.15) is 0 Å². The van der Waals surface area contributed by atoms with Crippen molar-refractivity contribution in [1.82, 2.24) is 10.6 Å². The summed E-state index contributed by atoms with van der Waals surface area (Å²) in [6.45, 7) is 11.8. The fraction of sp³-hybridized carbons (Fsp3) is 0.643. The summed E-state index contributed by atoms with van der Waals surface area (Å²) in [7, 11) is 0. The lowest BCUT2D eigenvalue weighted by Gasteiger charge is -2.12. The van der Waals surface area contributed by atoms with Crippen LogP contribution in [0.25, 0.3) is 0 Å². The van der Waals surface area contributed by atoms with E-state index in [1.807, 2.05) is 6.92 Å². The summed E-state index contributed by atoms with van der Waals surface area (Å²) >= 11 is 0. The summed E-state index contributed by atoms with van der Waals surface area (Å²) in [5.41, 5.74) is 0.837. The van der Waals surface area contributed by atoms with E-state index >= 15 is 0 Å². The number of urea groups is 1. The van der Waals surface area contributed by atoms with E-state index < -0.39 is 6.36 Å². The molecule has 19 heavy (non-hydrogen) atoms. The van der Waals surface area contributed by atoms with Gasteiger partial charge >= 0.3 is 6.03 Å². The van der Waals surface area contributed by atoms with Crippen LogP contribution in [0.15, 0.2) is 24.0 Å². The van der Waals surface area contributed by atoms with Gasteiger partial charge in [0.15, 0.2) is 0 Å². The highest BCUT2D eigenvalue weighted by molar-refractivity contribution is 5.74. The van der Waals surface area contributed by atoms with Crippen molar-refractivity contribution in [2.24, 2.45) is 5.92 Å². The first kappa shape index (κ1) is 17.5. The van der Waals surface area contributed by atoms with Crippen molar-refractivity contribution in [3.8, 4) is 0 Å². The number of alkyl halides is 1. The quantitative estimate of drug-likeness (QED) is 0.525. The summed E-state index contributed by atoms with van der Waals surface area (Å²) in [5, 5.41) is 5.50. The normalized spacial score (nSPS) is 14.5. The molecular weight excluding hydrogens is 247 g/mol. The summed E-state index contributed by atoms with van der Waals surface area (Å²) in [5.74, 6) is 0.705. The van der Waals surface area contributed by atoms with Crippen molar-refractivity contribution in [2.75, 3.05) is 13.1 Å². The number of halogens is 1. The number of rotatable bonds is 8. The molecule has 0 aromatic rings. The molecule has 0 bridgehead atoms. The Hall–Kier alpha value is -1.52. The van der Waals surface area contributed by atoms with Gasteiger partial charge in [-0.1, -0.05) is 32.4 Å². The van der Waals surface area contributed by atoms with Crippen molar-refractivity contribution < 1.29 is 16.8 Å². The van der Waals surface area contributed by atoms with Gasteiger partial charge in [-0.05, 0) is 18.9 Å². The Morgan fingerprint density at radius 1 is 1.47 bits per heavy atom. The lowest BCUT2D eigenvalue weighted by molar-refractivity contribution is 0.0290. The third-order valence-electron chi connectivity index (χ3n) is 2.56. The van der Waals surface area contributed by atoms with Crippen LogP contribution in [0.1, 0.15) is 37.0 Å². The lowest BCUT2D eigenvalue weighted by atomic mass is 10.1. The van der Waals surface area contributed by atoms with Crippen molar-refractivity contribution in [2.45, 2.75) is 40.5 Å². The molecule has 4 nitrogen and oxygen atoms in total. The largest absolute Gasteiger partial charge is 0.461 e. The molecular formula is C14H29FN2O2. The Kier molecular flexibility index (Phi) is 8.66. The molecule has 5 heteroatoms. The minimum Gasteiger partial charge on any atom is -0.461 e. The highest BCUT2D eigenvalue weighted by Crippen LogP contribution is 2.05. The summed E-state index contributed by atoms with van der Waals surface area (Å²) in [6.07, 6.45) is 1.24. The van der Waals surface area contributed by atoms with Crippen LogP contribution in [0.5, 0.6) is 0 Å². The van der Waals surface area contributed by atoms with Crippen LogP contribution in [0, 0.1) is 5.92 Å². The monoisotopic (exact) mass is 276 g/mol. The lowest BCUT2D eigenvalue weighted by Crippen LogP contribution is -2.38. The predicted octanol–water partition coefficient (Wildman–Crippen LogP) is 3.62. The Balaban J connectivity index is -0.00000162. The average Bonchev–Trinajstić information content (AvgIpc) is 2.32. The second-order valence-electron chi connectivity index (χ2n) is 4.69. The maximum Gasteiger partial charge on any atom is 0.315 e. The van der Waals surface area contributed by atoms with Gasteiger partial charge in [0.2, 0.25) is 6.36 Å². The third kappa shape index (κ3) is 10.1. The predicted molar refractivity (Wildman–Crippen MR) is 79.6 cm³/mol. The number of amides is 2. The van der Waals surface area contributed by atoms with E-state index in [9.17, 15) is 9.18 Å². The van der Waals surface area contributed by atoms with E-state index in [-0.39, 0.29) is 14.6 Å². The van der Waals surface area contributed by atoms with E-state index in [1.165, 1.54) is 6.92 Å². The Morgan fingerprint density at radius 2 is 2.11 bits per heavy atom. The summed E-state index contributed by atoms with van der Waals surface area (Å²) < 4.78 is 17.3.